The zero-order valence-electron chi connectivity index (χ0n) is 79.2. The maximum Gasteiger partial charge on any atom is 0.364 e. The van der Waals surface area contributed by atoms with Gasteiger partial charge in [0.2, 0.25) is 23.6 Å². The average molecular weight is 1950 g/mol. The summed E-state index contributed by atoms with van der Waals surface area (Å²) in [4.78, 5) is 79.8. The van der Waals surface area contributed by atoms with E-state index >= 15 is 0 Å². The number of ether oxygens (including phenoxy) is 12. The van der Waals surface area contributed by atoms with Crippen LogP contribution in [0, 0.1) is 0 Å². The second kappa shape index (κ2) is 62.7. The van der Waals surface area contributed by atoms with Gasteiger partial charge in [-0.2, -0.15) is 0 Å². The van der Waals surface area contributed by atoms with Gasteiger partial charge in [0.05, 0.1) is 82.7 Å². The third kappa shape index (κ3) is 36.9. The molecule has 0 saturated carbocycles. The Morgan fingerprint density at radius 3 is 1.13 bits per heavy atom. The largest absolute Gasteiger partial charge is 0.477 e. The molecule has 6 aliphatic heterocycles. The molecule has 0 spiro atoms. The van der Waals surface area contributed by atoms with Crippen molar-refractivity contribution in [1.29, 1.82) is 0 Å². The molecule has 786 valence electrons. The van der Waals surface area contributed by atoms with Crippen molar-refractivity contribution in [2.24, 2.45) is 0 Å². The first-order chi connectivity index (χ1) is 64.6. The van der Waals surface area contributed by atoms with Crippen molar-refractivity contribution in [3.05, 3.63) is 12.2 Å². The number of carbonyl (C=O) groups is 6. The highest BCUT2D eigenvalue weighted by Gasteiger charge is 2.64. The summed E-state index contributed by atoms with van der Waals surface area (Å²) in [5.74, 6) is -14.5. The van der Waals surface area contributed by atoms with Crippen LogP contribution in [0.5, 0.6) is 0 Å². The lowest BCUT2D eigenvalue weighted by molar-refractivity contribution is -0.405. The maximum atomic E-state index is 14.1. The van der Waals surface area contributed by atoms with E-state index in [1.807, 2.05) is 0 Å². The number of amides is 4. The fourth-order valence-electron chi connectivity index (χ4n) is 18.3. The third-order valence-electron chi connectivity index (χ3n) is 26.1. The van der Waals surface area contributed by atoms with Crippen LogP contribution >= 0.6 is 0 Å². The first kappa shape index (κ1) is 119. The van der Waals surface area contributed by atoms with Crippen molar-refractivity contribution >= 4 is 35.6 Å². The van der Waals surface area contributed by atoms with E-state index in [4.69, 9.17) is 56.8 Å². The van der Waals surface area contributed by atoms with Crippen LogP contribution < -0.4 is 21.3 Å². The quantitative estimate of drug-likeness (QED) is 0.0263. The Balaban J connectivity index is 1.24. The minimum absolute atomic E-state index is 0.0961. The van der Waals surface area contributed by atoms with Crippen molar-refractivity contribution < 1.29 is 193 Å². The molecule has 43 nitrogen and oxygen atoms in total. The molecule has 4 amide bonds. The number of hydrogen-bond acceptors (Lipinski definition) is 37. The lowest BCUT2D eigenvalue weighted by atomic mass is 9.88. The summed E-state index contributed by atoms with van der Waals surface area (Å²) in [6.07, 6.45) is -21.2. The smallest absolute Gasteiger partial charge is 0.364 e. The normalized spacial score (nSPS) is 33.7. The van der Waals surface area contributed by atoms with Gasteiger partial charge in [-0.1, -0.05) is 231 Å². The summed E-state index contributed by atoms with van der Waals surface area (Å²) >= 11 is 0. The molecule has 34 atom stereocenters. The van der Waals surface area contributed by atoms with Gasteiger partial charge in [-0.05, 0) is 19.3 Å². The van der Waals surface area contributed by atoms with E-state index in [0.29, 0.717) is 12.8 Å². The van der Waals surface area contributed by atoms with Gasteiger partial charge in [-0.3, -0.25) is 19.2 Å². The van der Waals surface area contributed by atoms with Crippen molar-refractivity contribution in [1.82, 2.24) is 21.3 Å². The number of carbonyl (C=O) groups excluding carboxylic acids is 4. The van der Waals surface area contributed by atoms with E-state index in [9.17, 15) is 136 Å². The molecule has 0 aromatic heterocycles. The van der Waals surface area contributed by atoms with Crippen LogP contribution in [0.2, 0.25) is 0 Å². The molecular weight excluding hydrogens is 1790 g/mol. The van der Waals surface area contributed by atoms with Gasteiger partial charge >= 0.3 is 11.9 Å². The molecule has 6 fully saturated rings. The van der Waals surface area contributed by atoms with Crippen molar-refractivity contribution in [3.8, 4) is 0 Å². The molecule has 6 saturated heterocycles. The topological polar surface area (TPSA) is 686 Å². The number of carboxylic acids is 2. The van der Waals surface area contributed by atoms with Gasteiger partial charge in [0.15, 0.2) is 25.2 Å². The van der Waals surface area contributed by atoms with Crippen LogP contribution in [-0.2, 0) is 85.6 Å². The molecule has 6 heterocycles. The van der Waals surface area contributed by atoms with Crippen LogP contribution in [0.4, 0.5) is 0 Å². The first-order valence-corrected chi connectivity index (χ1v) is 49.2. The van der Waals surface area contributed by atoms with Crippen LogP contribution in [0.15, 0.2) is 12.2 Å². The summed E-state index contributed by atoms with van der Waals surface area (Å²) < 4.78 is 72.5. The molecule has 6 aliphatic rings. The van der Waals surface area contributed by atoms with Crippen molar-refractivity contribution in [3.63, 3.8) is 0 Å². The van der Waals surface area contributed by atoms with Gasteiger partial charge < -0.3 is 185 Å². The minimum atomic E-state index is -3.50. The molecule has 0 radical (unpaired) electrons. The number of rotatable bonds is 67. The lowest BCUT2D eigenvalue weighted by Crippen LogP contribution is -2.72. The highest BCUT2D eigenvalue weighted by atomic mass is 16.8. The zero-order valence-corrected chi connectivity index (χ0v) is 79.2. The van der Waals surface area contributed by atoms with Crippen LogP contribution in [0.1, 0.15) is 279 Å². The lowest BCUT2D eigenvalue weighted by Gasteiger charge is -2.53. The average Bonchev–Trinajstić information content (AvgIpc) is 0.746. The predicted octanol–water partition coefficient (Wildman–Crippen LogP) is -0.748. The number of aliphatic carboxylic acids is 2. The molecule has 25 N–H and O–H groups in total. The standard InChI is InChI=1S/C92H164N4O39/c1-6-8-10-12-14-16-18-20-21-22-23-24-25-26-27-28-29-31-33-35-37-39-41-43-66(111)96-56(57(106)42-40-38-36-34-32-30-19-17-15-13-11-9-7-2)52-124-86-75(117)74(116)78(64(50-101)127-86)129-88-77(119)84(135-92(90(122)123)45-59(108)68(94-54(4)104)82(133-92)71(113)61(110)47-98)79(65(51-102)128-88)130-85-69(95-55(5)105)80(72(114)62(48-99)125-85)131-87-76(118)83(73(115)63(49-100)126-87)134-91(89(120)121)44-58(107)67(93-53(3)103)81(132-91)70(112)60(109)46-97/h40,42,56-65,67-88,97-102,106-110,112-119H,6-39,41,43-52H2,1-5H3,(H,93,103)(H,94,104)(H,95,105)(H,96,111)(H,120,121)(H,122,123)/b42-40+/t56-,57+,58?,59?,60+,61+,62?,63?,64?,65?,67+,68+,69?,70+,71+,72-,73-,74+,75?,76?,77?,78+,79-,80+,81?,82?,83-,84+,85-,86+,87-,88-,91-,92-/m0/s1. The number of aliphatic hydroxyl groups is 19. The summed E-state index contributed by atoms with van der Waals surface area (Å²) in [5.41, 5.74) is 0. The number of nitrogens with one attached hydrogen (secondary N) is 4. The summed E-state index contributed by atoms with van der Waals surface area (Å²) in [7, 11) is 0. The SMILES string of the molecule is CCCCCCCCCCCCC/C=C/[C@@H](O)[C@H](CO[C@@H]1OC(CO)[C@@H](O[C@@H]2OC(CO)[C@H](O[C@@H]3OC(CO)[C@H](O)[C@H](O[C@@H]4OC(CO)[C@H](O)[C@H](O[C@]5(C(=O)O)CC(O)[C@@H](NC(C)=O)C([C@H](O)[C@H](O)CO)O5)C4O)C3NC(C)=O)[C@H](O[C@]3(C(=O)O)CC(O)[C@@H](NC(C)=O)C([C@H](O)[C@H](O)CO)O3)C2O)[C@H](O)C1O)NC(=O)CCCCCCCCCCCCCCCCCCCCCCCCC. The van der Waals surface area contributed by atoms with E-state index in [0.717, 1.165) is 85.0 Å². The van der Waals surface area contributed by atoms with Gasteiger partial charge in [-0.15, -0.1) is 0 Å². The Bertz CT molecular complexity index is 3350. The third-order valence-corrected chi connectivity index (χ3v) is 26.1. The maximum absolute atomic E-state index is 14.1. The molecule has 0 bridgehead atoms. The molecule has 0 aromatic rings. The number of carboxylic acid groups (broad SMARTS) is 2. The van der Waals surface area contributed by atoms with E-state index in [1.54, 1.807) is 6.08 Å². The fourth-order valence-corrected chi connectivity index (χ4v) is 18.3. The van der Waals surface area contributed by atoms with E-state index in [2.05, 4.69) is 35.1 Å². The predicted molar refractivity (Wildman–Crippen MR) is 477 cm³/mol. The molecule has 0 aliphatic carbocycles. The number of hydrogen-bond donors (Lipinski definition) is 25. The van der Waals surface area contributed by atoms with Crippen LogP contribution in [0.3, 0.4) is 0 Å². The highest BCUT2D eigenvalue weighted by Crippen LogP contribution is 2.43. The number of allylic oxidation sites excluding steroid dienone is 1. The molecule has 43 heteroatoms. The summed E-state index contributed by atoms with van der Waals surface area (Å²) in [6, 6.07) is -6.95. The second-order valence-electron chi connectivity index (χ2n) is 37.1. The summed E-state index contributed by atoms with van der Waals surface area (Å²) in [5, 5.41) is 248. The van der Waals surface area contributed by atoms with Gasteiger partial charge in [0.25, 0.3) is 11.6 Å². The van der Waals surface area contributed by atoms with Gasteiger partial charge in [0, 0.05) is 40.0 Å². The van der Waals surface area contributed by atoms with Crippen molar-refractivity contribution in [2.45, 2.75) is 486 Å². The second-order valence-corrected chi connectivity index (χ2v) is 37.1. The van der Waals surface area contributed by atoms with Crippen molar-refractivity contribution in [2.75, 3.05) is 46.2 Å². The molecule has 6 rings (SSSR count). The Labute approximate surface area is 790 Å². The Morgan fingerprint density at radius 2 is 0.726 bits per heavy atom. The molecular formula is C92H164N4O39. The molecule has 12 unspecified atom stereocenters. The van der Waals surface area contributed by atoms with E-state index in [1.165, 1.54) is 154 Å². The molecule has 0 aromatic carbocycles. The number of unbranched alkanes of at least 4 members (excludes halogenated alkanes) is 33. The monoisotopic (exact) mass is 1950 g/mol. The first-order valence-electron chi connectivity index (χ1n) is 49.2. The van der Waals surface area contributed by atoms with Crippen LogP contribution in [0.25, 0.3) is 0 Å². The number of aliphatic hydroxyl groups excluding tert-OH is 19. The minimum Gasteiger partial charge on any atom is -0.477 e. The Hall–Kier alpha value is -4.68. The van der Waals surface area contributed by atoms with Crippen LogP contribution in [-0.4, -0.2) is 396 Å². The van der Waals surface area contributed by atoms with E-state index in [-0.39, 0.29) is 6.42 Å². The van der Waals surface area contributed by atoms with Gasteiger partial charge in [0.1, 0.15) is 134 Å². The Morgan fingerprint density at radius 1 is 0.385 bits per heavy atom. The van der Waals surface area contributed by atoms with E-state index < -0.39 is 302 Å². The Kier molecular flexibility index (Phi) is 55.3. The highest BCUT2D eigenvalue weighted by molar-refractivity contribution is 5.78. The van der Waals surface area contributed by atoms with Gasteiger partial charge in [-0.25, -0.2) is 9.59 Å². The fraction of sp³-hybridized carbons (Fsp3) is 0.913. The molecule has 135 heavy (non-hydrogen) atoms. The summed E-state index contributed by atoms with van der Waals surface area (Å²) in [6.45, 7) is -0.786. The zero-order chi connectivity index (χ0) is 99.5.